The topological polar surface area (TPSA) is 69.6 Å². The van der Waals surface area contributed by atoms with Crippen LogP contribution in [0.1, 0.15) is 5.56 Å². The molecule has 3 N–H and O–H groups in total. The summed E-state index contributed by atoms with van der Waals surface area (Å²) in [6.07, 6.45) is -0.910. The van der Waals surface area contributed by atoms with E-state index < -0.39 is 12.7 Å². The maximum Gasteiger partial charge on any atom is 0.224 e. The molecule has 1 amide bonds. The summed E-state index contributed by atoms with van der Waals surface area (Å²) >= 11 is 0. The zero-order valence-corrected chi connectivity index (χ0v) is 8.69. The number of carbonyl (C=O) groups is 1. The Labute approximate surface area is 92.7 Å². The van der Waals surface area contributed by atoms with E-state index in [-0.39, 0.29) is 24.7 Å². The van der Waals surface area contributed by atoms with Gasteiger partial charge in [0.15, 0.2) is 0 Å². The van der Waals surface area contributed by atoms with Crippen molar-refractivity contribution < 1.29 is 19.4 Å². The van der Waals surface area contributed by atoms with Crippen molar-refractivity contribution in [2.45, 2.75) is 12.5 Å². The minimum Gasteiger partial charge on any atom is -0.394 e. The van der Waals surface area contributed by atoms with Gasteiger partial charge in [0.1, 0.15) is 5.82 Å². The molecule has 0 saturated heterocycles. The Morgan fingerprint density at radius 3 is 2.88 bits per heavy atom. The number of aliphatic hydroxyl groups excluding tert-OH is 2. The molecule has 0 bridgehead atoms. The van der Waals surface area contributed by atoms with E-state index in [1.54, 1.807) is 6.07 Å². The molecule has 0 aromatic heterocycles. The first-order valence-electron chi connectivity index (χ1n) is 4.92. The highest BCUT2D eigenvalue weighted by atomic mass is 19.1. The fourth-order valence-corrected chi connectivity index (χ4v) is 1.19. The third-order valence-electron chi connectivity index (χ3n) is 2.00. The normalized spacial score (nSPS) is 12.2. The summed E-state index contributed by atoms with van der Waals surface area (Å²) in [5.74, 6) is -0.709. The standard InChI is InChI=1S/C11H14FNO3/c12-9-3-1-2-8(4-9)5-11(16)13-6-10(15)7-14/h1-4,10,14-15H,5-7H2,(H,13,16). The Morgan fingerprint density at radius 2 is 2.25 bits per heavy atom. The van der Waals surface area contributed by atoms with E-state index in [1.165, 1.54) is 18.2 Å². The highest BCUT2D eigenvalue weighted by molar-refractivity contribution is 5.78. The SMILES string of the molecule is O=C(Cc1cccc(F)c1)NCC(O)CO. The number of amides is 1. The Hall–Kier alpha value is -1.46. The van der Waals surface area contributed by atoms with Gasteiger partial charge in [-0.25, -0.2) is 4.39 Å². The first kappa shape index (κ1) is 12.6. The minimum atomic E-state index is -0.962. The highest BCUT2D eigenvalue weighted by Gasteiger charge is 2.06. The summed E-state index contributed by atoms with van der Waals surface area (Å²) in [6.45, 7) is -0.412. The summed E-state index contributed by atoms with van der Waals surface area (Å²) in [7, 11) is 0. The van der Waals surface area contributed by atoms with Crippen molar-refractivity contribution in [2.24, 2.45) is 0 Å². The Bertz CT molecular complexity index is 357. The van der Waals surface area contributed by atoms with E-state index in [1.807, 2.05) is 0 Å². The molecule has 0 heterocycles. The largest absolute Gasteiger partial charge is 0.394 e. The van der Waals surface area contributed by atoms with E-state index in [0.29, 0.717) is 5.56 Å². The van der Waals surface area contributed by atoms with Gasteiger partial charge in [-0.3, -0.25) is 4.79 Å². The van der Waals surface area contributed by atoms with Gasteiger partial charge >= 0.3 is 0 Å². The molecule has 0 spiro atoms. The van der Waals surface area contributed by atoms with Crippen molar-refractivity contribution in [1.29, 1.82) is 0 Å². The number of benzene rings is 1. The van der Waals surface area contributed by atoms with Gasteiger partial charge in [-0.05, 0) is 17.7 Å². The molecule has 1 aromatic rings. The van der Waals surface area contributed by atoms with Crippen molar-refractivity contribution in [3.63, 3.8) is 0 Å². The van der Waals surface area contributed by atoms with Gasteiger partial charge in [0.05, 0.1) is 19.1 Å². The van der Waals surface area contributed by atoms with Crippen molar-refractivity contribution >= 4 is 5.91 Å². The number of nitrogens with one attached hydrogen (secondary N) is 1. The minimum absolute atomic E-state index is 0.00928. The average Bonchev–Trinajstić information content (AvgIpc) is 2.26. The molecule has 1 atom stereocenters. The molecule has 1 rings (SSSR count). The van der Waals surface area contributed by atoms with Crippen LogP contribution in [0, 0.1) is 5.82 Å². The van der Waals surface area contributed by atoms with E-state index >= 15 is 0 Å². The highest BCUT2D eigenvalue weighted by Crippen LogP contribution is 2.03. The lowest BCUT2D eigenvalue weighted by Crippen LogP contribution is -2.34. The third-order valence-corrected chi connectivity index (χ3v) is 2.00. The average molecular weight is 227 g/mol. The molecule has 0 aliphatic rings. The Balaban J connectivity index is 2.40. The van der Waals surface area contributed by atoms with Crippen LogP contribution < -0.4 is 5.32 Å². The van der Waals surface area contributed by atoms with Crippen LogP contribution in [0.5, 0.6) is 0 Å². The van der Waals surface area contributed by atoms with Crippen molar-refractivity contribution in [3.8, 4) is 0 Å². The second kappa shape index (κ2) is 6.19. The maximum absolute atomic E-state index is 12.8. The van der Waals surface area contributed by atoms with Gasteiger partial charge in [0.25, 0.3) is 0 Å². The van der Waals surface area contributed by atoms with Gasteiger partial charge in [-0.15, -0.1) is 0 Å². The van der Waals surface area contributed by atoms with Gasteiger partial charge in [-0.1, -0.05) is 12.1 Å². The van der Waals surface area contributed by atoms with Crippen LogP contribution >= 0.6 is 0 Å². The van der Waals surface area contributed by atoms with E-state index in [9.17, 15) is 9.18 Å². The van der Waals surface area contributed by atoms with Crippen LogP contribution in [0.3, 0.4) is 0 Å². The van der Waals surface area contributed by atoms with E-state index in [0.717, 1.165) is 0 Å². The van der Waals surface area contributed by atoms with Gasteiger partial charge < -0.3 is 15.5 Å². The molecule has 1 aromatic carbocycles. The molecule has 1 unspecified atom stereocenters. The molecular formula is C11H14FNO3. The number of aliphatic hydroxyl groups is 2. The summed E-state index contributed by atoms with van der Waals surface area (Å²) in [6, 6.07) is 5.75. The van der Waals surface area contributed by atoms with Gasteiger partial charge in [0.2, 0.25) is 5.91 Å². The zero-order chi connectivity index (χ0) is 12.0. The lowest BCUT2D eigenvalue weighted by molar-refractivity contribution is -0.121. The third kappa shape index (κ3) is 4.37. The molecule has 0 saturated carbocycles. The fraction of sp³-hybridized carbons (Fsp3) is 0.364. The number of hydrogen-bond donors (Lipinski definition) is 3. The lowest BCUT2D eigenvalue weighted by atomic mass is 10.1. The quantitative estimate of drug-likeness (QED) is 0.654. The molecular weight excluding hydrogens is 213 g/mol. The molecule has 0 aliphatic carbocycles. The number of rotatable bonds is 5. The van der Waals surface area contributed by atoms with Crippen molar-refractivity contribution in [3.05, 3.63) is 35.6 Å². The summed E-state index contributed by atoms with van der Waals surface area (Å²) in [5.41, 5.74) is 0.566. The molecule has 0 fully saturated rings. The smallest absolute Gasteiger partial charge is 0.224 e. The predicted octanol–water partition coefficient (Wildman–Crippen LogP) is -0.162. The van der Waals surface area contributed by atoms with Crippen LogP contribution in [0.15, 0.2) is 24.3 Å². The first-order valence-corrected chi connectivity index (χ1v) is 4.92. The molecule has 5 heteroatoms. The maximum atomic E-state index is 12.8. The lowest BCUT2D eigenvalue weighted by Gasteiger charge is -2.08. The van der Waals surface area contributed by atoms with Gasteiger partial charge in [-0.2, -0.15) is 0 Å². The molecule has 88 valence electrons. The zero-order valence-electron chi connectivity index (χ0n) is 8.69. The van der Waals surface area contributed by atoms with Crippen LogP contribution in [-0.4, -0.2) is 35.4 Å². The van der Waals surface area contributed by atoms with E-state index in [4.69, 9.17) is 10.2 Å². The number of carbonyl (C=O) groups excluding carboxylic acids is 1. The Morgan fingerprint density at radius 1 is 1.50 bits per heavy atom. The van der Waals surface area contributed by atoms with Crippen molar-refractivity contribution in [1.82, 2.24) is 5.32 Å². The number of hydrogen-bond acceptors (Lipinski definition) is 3. The second-order valence-corrected chi connectivity index (χ2v) is 3.45. The summed E-state index contributed by atoms with van der Waals surface area (Å²) < 4.78 is 12.8. The summed E-state index contributed by atoms with van der Waals surface area (Å²) in [4.78, 5) is 11.3. The molecule has 16 heavy (non-hydrogen) atoms. The second-order valence-electron chi connectivity index (χ2n) is 3.45. The summed E-state index contributed by atoms with van der Waals surface area (Å²) in [5, 5.41) is 19.9. The first-order chi connectivity index (χ1) is 7.61. The fourth-order valence-electron chi connectivity index (χ4n) is 1.19. The van der Waals surface area contributed by atoms with Crippen molar-refractivity contribution in [2.75, 3.05) is 13.2 Å². The van der Waals surface area contributed by atoms with Crippen LogP contribution in [-0.2, 0) is 11.2 Å². The van der Waals surface area contributed by atoms with Gasteiger partial charge in [0, 0.05) is 6.54 Å². The van der Waals surface area contributed by atoms with E-state index in [2.05, 4.69) is 5.32 Å². The van der Waals surface area contributed by atoms with Crippen LogP contribution in [0.25, 0.3) is 0 Å². The van der Waals surface area contributed by atoms with Crippen LogP contribution in [0.4, 0.5) is 4.39 Å². The predicted molar refractivity (Wildman–Crippen MR) is 56.2 cm³/mol. The monoisotopic (exact) mass is 227 g/mol. The molecule has 0 aliphatic heterocycles. The number of halogens is 1. The van der Waals surface area contributed by atoms with Crippen LogP contribution in [0.2, 0.25) is 0 Å². The molecule has 4 nitrogen and oxygen atoms in total. The molecule has 0 radical (unpaired) electrons. The Kier molecular flexibility index (Phi) is 4.88.